The van der Waals surface area contributed by atoms with Crippen molar-refractivity contribution in [1.29, 1.82) is 0 Å². The van der Waals surface area contributed by atoms with Crippen LogP contribution in [0.4, 0.5) is 0 Å². The number of carbonyl (C=O) groups is 1. The van der Waals surface area contributed by atoms with Crippen LogP contribution in [-0.4, -0.2) is 23.7 Å². The number of fused-ring (bicyclic) bond motifs is 3. The number of aliphatic hydroxyl groups excluding tert-OH is 1. The molecule has 6 nitrogen and oxygen atoms in total. The van der Waals surface area contributed by atoms with Gasteiger partial charge in [0.15, 0.2) is 0 Å². The Bertz CT molecular complexity index is 1090. The van der Waals surface area contributed by atoms with Crippen LogP contribution in [-0.2, 0) is 11.2 Å². The van der Waals surface area contributed by atoms with Crippen LogP contribution < -0.4 is 10.9 Å². The van der Waals surface area contributed by atoms with Crippen molar-refractivity contribution in [3.63, 3.8) is 0 Å². The van der Waals surface area contributed by atoms with Gasteiger partial charge in [0.05, 0.1) is 36.3 Å². The Labute approximate surface area is 163 Å². The van der Waals surface area contributed by atoms with Crippen LogP contribution >= 0.6 is 0 Å². The molecule has 6 heteroatoms. The van der Waals surface area contributed by atoms with Gasteiger partial charge in [0, 0.05) is 5.39 Å². The highest BCUT2D eigenvalue weighted by Crippen LogP contribution is 2.34. The molecule has 2 unspecified atom stereocenters. The molecule has 0 saturated heterocycles. The predicted octanol–water partition coefficient (Wildman–Crippen LogP) is 3.53. The first-order valence-corrected chi connectivity index (χ1v) is 9.62. The van der Waals surface area contributed by atoms with Crippen LogP contribution in [0.15, 0.2) is 26.0 Å². The maximum atomic E-state index is 12.6. The van der Waals surface area contributed by atoms with Crippen molar-refractivity contribution in [2.75, 3.05) is 6.61 Å². The quantitative estimate of drug-likeness (QED) is 0.633. The van der Waals surface area contributed by atoms with E-state index in [4.69, 9.17) is 8.83 Å². The smallest absolute Gasteiger partial charge is 0.340 e. The molecular weight excluding hydrogens is 358 g/mol. The van der Waals surface area contributed by atoms with E-state index >= 15 is 0 Å². The van der Waals surface area contributed by atoms with E-state index in [-0.39, 0.29) is 30.9 Å². The number of nitrogens with one attached hydrogen (secondary N) is 1. The SMILES string of the molecule is CCC(C)C(CO)NC(=O)Cc1c(C)c2c(cc(C)c3c(C)coc32)oc1=O. The maximum Gasteiger partial charge on any atom is 0.340 e. The van der Waals surface area contributed by atoms with Gasteiger partial charge < -0.3 is 19.3 Å². The number of carbonyl (C=O) groups excluding carboxylic acids is 1. The van der Waals surface area contributed by atoms with Crippen LogP contribution in [0, 0.1) is 26.7 Å². The molecule has 0 aliphatic heterocycles. The zero-order chi connectivity index (χ0) is 20.6. The van der Waals surface area contributed by atoms with E-state index in [1.165, 1.54) is 0 Å². The second-order valence-corrected chi connectivity index (χ2v) is 7.60. The molecule has 28 heavy (non-hydrogen) atoms. The minimum atomic E-state index is -0.522. The summed E-state index contributed by atoms with van der Waals surface area (Å²) in [6, 6.07) is 1.50. The molecule has 0 fully saturated rings. The number of benzene rings is 1. The third-order valence-electron chi connectivity index (χ3n) is 5.68. The van der Waals surface area contributed by atoms with E-state index in [0.717, 1.165) is 28.3 Å². The fourth-order valence-electron chi connectivity index (χ4n) is 3.75. The summed E-state index contributed by atoms with van der Waals surface area (Å²) < 4.78 is 11.3. The van der Waals surface area contributed by atoms with Gasteiger partial charge in [-0.1, -0.05) is 20.3 Å². The van der Waals surface area contributed by atoms with E-state index in [2.05, 4.69) is 5.32 Å². The molecule has 0 bridgehead atoms. The summed E-state index contributed by atoms with van der Waals surface area (Å²) in [6.45, 7) is 9.56. The van der Waals surface area contributed by atoms with Crippen LogP contribution in [0.25, 0.3) is 21.9 Å². The van der Waals surface area contributed by atoms with Crippen molar-refractivity contribution in [1.82, 2.24) is 5.32 Å². The van der Waals surface area contributed by atoms with E-state index in [0.29, 0.717) is 22.3 Å². The number of hydrogen-bond donors (Lipinski definition) is 2. The molecular formula is C22H27NO5. The molecule has 2 heterocycles. The zero-order valence-electron chi connectivity index (χ0n) is 17.0. The fraction of sp³-hybridized carbons (Fsp3) is 0.455. The number of furan rings is 1. The first-order valence-electron chi connectivity index (χ1n) is 9.62. The highest BCUT2D eigenvalue weighted by Gasteiger charge is 2.22. The highest BCUT2D eigenvalue weighted by molar-refractivity contribution is 6.07. The van der Waals surface area contributed by atoms with Crippen molar-refractivity contribution < 1.29 is 18.7 Å². The number of aryl methyl sites for hydroxylation is 3. The molecule has 1 aromatic carbocycles. The van der Waals surface area contributed by atoms with Gasteiger partial charge in [0.2, 0.25) is 5.91 Å². The molecule has 2 atom stereocenters. The monoisotopic (exact) mass is 385 g/mol. The molecule has 0 spiro atoms. The summed E-state index contributed by atoms with van der Waals surface area (Å²) in [7, 11) is 0. The average Bonchev–Trinajstić information content (AvgIpc) is 3.04. The molecule has 3 rings (SSSR count). The molecule has 2 N–H and O–H groups in total. The Morgan fingerprint density at radius 3 is 2.57 bits per heavy atom. The third kappa shape index (κ3) is 3.44. The lowest BCUT2D eigenvalue weighted by atomic mass is 9.97. The Morgan fingerprint density at radius 2 is 1.93 bits per heavy atom. The van der Waals surface area contributed by atoms with E-state index in [9.17, 15) is 14.7 Å². The van der Waals surface area contributed by atoms with Gasteiger partial charge in [-0.3, -0.25) is 4.79 Å². The standard InChI is InChI=1S/C22H27NO5/c1-6-11(2)16(9-24)23-18(25)8-15-14(5)20-17(28-22(15)26)7-12(3)19-13(4)10-27-21(19)20/h7,10-11,16,24H,6,8-9H2,1-5H3,(H,23,25). The summed E-state index contributed by atoms with van der Waals surface area (Å²) in [4.78, 5) is 25.1. The fourth-order valence-corrected chi connectivity index (χ4v) is 3.75. The predicted molar refractivity (Wildman–Crippen MR) is 109 cm³/mol. The van der Waals surface area contributed by atoms with E-state index in [1.54, 1.807) is 6.26 Å². The molecule has 1 amide bonds. The largest absolute Gasteiger partial charge is 0.463 e. The molecule has 0 radical (unpaired) electrons. The lowest BCUT2D eigenvalue weighted by Crippen LogP contribution is -2.43. The number of hydrogen-bond acceptors (Lipinski definition) is 5. The van der Waals surface area contributed by atoms with Crippen LogP contribution in [0.1, 0.15) is 42.5 Å². The summed E-state index contributed by atoms with van der Waals surface area (Å²) >= 11 is 0. The summed E-state index contributed by atoms with van der Waals surface area (Å²) in [6.07, 6.45) is 2.41. The van der Waals surface area contributed by atoms with Gasteiger partial charge in [0.1, 0.15) is 11.2 Å². The van der Waals surface area contributed by atoms with Gasteiger partial charge in [-0.2, -0.15) is 0 Å². The Balaban J connectivity index is 2.05. The highest BCUT2D eigenvalue weighted by atomic mass is 16.4. The topological polar surface area (TPSA) is 92.7 Å². The summed E-state index contributed by atoms with van der Waals surface area (Å²) in [5.74, 6) is -0.176. The third-order valence-corrected chi connectivity index (χ3v) is 5.68. The van der Waals surface area contributed by atoms with Crippen LogP contribution in [0.2, 0.25) is 0 Å². The van der Waals surface area contributed by atoms with Gasteiger partial charge in [-0.25, -0.2) is 4.79 Å². The zero-order valence-corrected chi connectivity index (χ0v) is 17.0. The van der Waals surface area contributed by atoms with Crippen LogP contribution in [0.5, 0.6) is 0 Å². The summed E-state index contributed by atoms with van der Waals surface area (Å²) in [5.41, 5.74) is 3.59. The molecule has 2 aromatic heterocycles. The molecule has 150 valence electrons. The Morgan fingerprint density at radius 1 is 1.21 bits per heavy atom. The van der Waals surface area contributed by atoms with Gasteiger partial charge in [0.25, 0.3) is 0 Å². The van der Waals surface area contributed by atoms with Gasteiger partial charge in [-0.05, 0) is 49.4 Å². The first-order chi connectivity index (χ1) is 13.3. The van der Waals surface area contributed by atoms with Crippen LogP contribution in [0.3, 0.4) is 0 Å². The summed E-state index contributed by atoms with van der Waals surface area (Å²) in [5, 5.41) is 14.1. The first kappa shape index (κ1) is 20.1. The Hall–Kier alpha value is -2.60. The average molecular weight is 385 g/mol. The molecule has 0 aliphatic carbocycles. The van der Waals surface area contributed by atoms with E-state index < -0.39 is 5.63 Å². The van der Waals surface area contributed by atoms with Gasteiger partial charge in [-0.15, -0.1) is 0 Å². The molecule has 0 saturated carbocycles. The minimum absolute atomic E-state index is 0.105. The normalized spacial score (nSPS) is 13.8. The van der Waals surface area contributed by atoms with Crippen molar-refractivity contribution in [2.24, 2.45) is 5.92 Å². The van der Waals surface area contributed by atoms with E-state index in [1.807, 2.05) is 40.7 Å². The lowest BCUT2D eigenvalue weighted by Gasteiger charge is -2.22. The number of rotatable bonds is 6. The van der Waals surface area contributed by atoms with Crippen molar-refractivity contribution in [3.8, 4) is 0 Å². The number of aliphatic hydroxyl groups is 1. The van der Waals surface area contributed by atoms with Crippen molar-refractivity contribution in [3.05, 3.63) is 45.0 Å². The molecule has 3 aromatic rings. The van der Waals surface area contributed by atoms with Crippen molar-refractivity contribution >= 4 is 27.8 Å². The molecule has 0 aliphatic rings. The second-order valence-electron chi connectivity index (χ2n) is 7.60. The number of amides is 1. The minimum Gasteiger partial charge on any atom is -0.463 e. The Kier molecular flexibility index (Phi) is 5.61. The lowest BCUT2D eigenvalue weighted by molar-refractivity contribution is -0.121. The maximum absolute atomic E-state index is 12.6. The van der Waals surface area contributed by atoms with Gasteiger partial charge >= 0.3 is 5.63 Å². The second kappa shape index (κ2) is 7.80. The van der Waals surface area contributed by atoms with Crippen molar-refractivity contribution in [2.45, 2.75) is 53.5 Å².